The van der Waals surface area contributed by atoms with Crippen molar-refractivity contribution >= 4 is 10.0 Å². The van der Waals surface area contributed by atoms with Gasteiger partial charge >= 0.3 is 6.18 Å². The number of alkyl halides is 3. The number of sulfonamides is 1. The fraction of sp³-hybridized carbons (Fsp3) is 0.500. The Labute approximate surface area is 127 Å². The predicted octanol–water partition coefficient (Wildman–Crippen LogP) is 2.96. The van der Waals surface area contributed by atoms with Gasteiger partial charge in [0.15, 0.2) is 0 Å². The standard InChI is InChI=1S/C14H15F3N2O2S/c15-14(16,17)11-4-2-5-12(8-11)19-22(20,21)13-6-1-3-10(7-13)9-18/h1,3,6-7,11-12,19H,2,4-5,8H2/t11-,12+/m1/s1. The number of rotatable bonds is 3. The van der Waals surface area contributed by atoms with Gasteiger partial charge < -0.3 is 0 Å². The number of hydrogen-bond acceptors (Lipinski definition) is 3. The third-order valence-electron chi connectivity index (χ3n) is 3.73. The van der Waals surface area contributed by atoms with E-state index in [4.69, 9.17) is 5.26 Å². The van der Waals surface area contributed by atoms with E-state index in [1.807, 2.05) is 6.07 Å². The molecule has 0 heterocycles. The third-order valence-corrected chi connectivity index (χ3v) is 5.25. The average Bonchev–Trinajstić information content (AvgIpc) is 2.46. The summed E-state index contributed by atoms with van der Waals surface area (Å²) < 4.78 is 65.0. The summed E-state index contributed by atoms with van der Waals surface area (Å²) in [5.41, 5.74) is 0.180. The molecule has 1 saturated carbocycles. The molecule has 0 spiro atoms. The first-order valence-corrected chi connectivity index (χ1v) is 8.30. The molecule has 0 unspecified atom stereocenters. The second kappa shape index (κ2) is 6.26. The van der Waals surface area contributed by atoms with E-state index in [0.717, 1.165) is 0 Å². The molecule has 0 amide bonds. The smallest absolute Gasteiger partial charge is 0.208 e. The van der Waals surface area contributed by atoms with E-state index in [2.05, 4.69) is 4.72 Å². The molecular formula is C14H15F3N2O2S. The molecule has 1 aromatic carbocycles. The van der Waals surface area contributed by atoms with Gasteiger partial charge in [0.1, 0.15) is 0 Å². The van der Waals surface area contributed by atoms with Gasteiger partial charge in [-0.1, -0.05) is 12.5 Å². The van der Waals surface area contributed by atoms with Gasteiger partial charge in [-0.05, 0) is 37.5 Å². The summed E-state index contributed by atoms with van der Waals surface area (Å²) >= 11 is 0. The third kappa shape index (κ3) is 3.99. The number of halogens is 3. The minimum Gasteiger partial charge on any atom is -0.208 e. The predicted molar refractivity (Wildman–Crippen MR) is 73.3 cm³/mol. The molecular weight excluding hydrogens is 317 g/mol. The second-order valence-electron chi connectivity index (χ2n) is 5.36. The molecule has 0 bridgehead atoms. The van der Waals surface area contributed by atoms with E-state index in [0.29, 0.717) is 12.8 Å². The van der Waals surface area contributed by atoms with Crippen molar-refractivity contribution in [2.24, 2.45) is 5.92 Å². The molecule has 0 aliphatic heterocycles. The van der Waals surface area contributed by atoms with Crippen molar-refractivity contribution in [3.63, 3.8) is 0 Å². The molecule has 1 aliphatic carbocycles. The summed E-state index contributed by atoms with van der Waals surface area (Å²) in [5.74, 6) is -1.47. The molecule has 1 aromatic rings. The van der Waals surface area contributed by atoms with E-state index in [1.54, 1.807) is 0 Å². The Hall–Kier alpha value is -1.59. The summed E-state index contributed by atoms with van der Waals surface area (Å²) in [5, 5.41) is 8.78. The Morgan fingerprint density at radius 2 is 2.00 bits per heavy atom. The maximum absolute atomic E-state index is 12.8. The highest BCUT2D eigenvalue weighted by atomic mass is 32.2. The van der Waals surface area contributed by atoms with Crippen molar-refractivity contribution in [2.45, 2.75) is 42.8 Å². The normalized spacial score (nSPS) is 23.0. The minimum atomic E-state index is -4.30. The van der Waals surface area contributed by atoms with Gasteiger partial charge in [0.2, 0.25) is 10.0 Å². The zero-order valence-electron chi connectivity index (χ0n) is 11.6. The van der Waals surface area contributed by atoms with Crippen LogP contribution in [0.1, 0.15) is 31.2 Å². The van der Waals surface area contributed by atoms with Gasteiger partial charge in [-0.15, -0.1) is 0 Å². The molecule has 8 heteroatoms. The highest BCUT2D eigenvalue weighted by molar-refractivity contribution is 7.89. The van der Waals surface area contributed by atoms with Crippen LogP contribution in [0, 0.1) is 17.2 Å². The molecule has 22 heavy (non-hydrogen) atoms. The van der Waals surface area contributed by atoms with Crippen molar-refractivity contribution in [1.82, 2.24) is 4.72 Å². The monoisotopic (exact) mass is 332 g/mol. The molecule has 4 nitrogen and oxygen atoms in total. The van der Waals surface area contributed by atoms with Crippen LogP contribution in [0.2, 0.25) is 0 Å². The first-order valence-electron chi connectivity index (χ1n) is 6.81. The highest BCUT2D eigenvalue weighted by Gasteiger charge is 2.42. The van der Waals surface area contributed by atoms with Crippen LogP contribution in [0.3, 0.4) is 0 Å². The molecule has 2 rings (SSSR count). The van der Waals surface area contributed by atoms with Gasteiger partial charge in [-0.3, -0.25) is 0 Å². The SMILES string of the molecule is N#Cc1cccc(S(=O)(=O)N[C@H]2CCC[C@@H](C(F)(F)F)C2)c1. The lowest BCUT2D eigenvalue weighted by atomic mass is 9.86. The Bertz CT molecular complexity index is 680. The summed E-state index contributed by atoms with van der Waals surface area (Å²) in [6.07, 6.45) is -3.81. The lowest BCUT2D eigenvalue weighted by Crippen LogP contribution is -2.41. The number of hydrogen-bond donors (Lipinski definition) is 1. The molecule has 1 fully saturated rings. The Balaban J connectivity index is 2.13. The van der Waals surface area contributed by atoms with E-state index < -0.39 is 28.2 Å². The molecule has 1 aliphatic rings. The van der Waals surface area contributed by atoms with Crippen LogP contribution in [0.5, 0.6) is 0 Å². The van der Waals surface area contributed by atoms with Crippen LogP contribution in [-0.4, -0.2) is 20.6 Å². The fourth-order valence-corrected chi connectivity index (χ4v) is 3.94. The molecule has 1 N–H and O–H groups in total. The fourth-order valence-electron chi connectivity index (χ4n) is 2.61. The zero-order valence-corrected chi connectivity index (χ0v) is 12.4. The first kappa shape index (κ1) is 16.8. The Morgan fingerprint density at radius 3 is 2.64 bits per heavy atom. The summed E-state index contributed by atoms with van der Waals surface area (Å²) in [4.78, 5) is -0.110. The second-order valence-corrected chi connectivity index (χ2v) is 7.08. The zero-order chi connectivity index (χ0) is 16.4. The van der Waals surface area contributed by atoms with Crippen LogP contribution in [-0.2, 0) is 10.0 Å². The maximum atomic E-state index is 12.8. The van der Waals surface area contributed by atoms with Gasteiger partial charge in [-0.25, -0.2) is 13.1 Å². The minimum absolute atomic E-state index is 0.0334. The van der Waals surface area contributed by atoms with E-state index in [-0.39, 0.29) is 23.3 Å². The van der Waals surface area contributed by atoms with Crippen LogP contribution < -0.4 is 4.72 Å². The average molecular weight is 332 g/mol. The van der Waals surface area contributed by atoms with Crippen molar-refractivity contribution < 1.29 is 21.6 Å². The lowest BCUT2D eigenvalue weighted by molar-refractivity contribution is -0.183. The summed E-state index contributed by atoms with van der Waals surface area (Å²) in [6.45, 7) is 0. The molecule has 0 aromatic heterocycles. The van der Waals surface area contributed by atoms with Crippen LogP contribution in [0.4, 0.5) is 13.2 Å². The van der Waals surface area contributed by atoms with Gasteiger partial charge in [-0.2, -0.15) is 18.4 Å². The van der Waals surface area contributed by atoms with Crippen molar-refractivity contribution in [3.05, 3.63) is 29.8 Å². The lowest BCUT2D eigenvalue weighted by Gasteiger charge is -2.30. The van der Waals surface area contributed by atoms with Gasteiger partial charge in [0.25, 0.3) is 0 Å². The van der Waals surface area contributed by atoms with Crippen LogP contribution in [0.15, 0.2) is 29.2 Å². The molecule has 2 atom stereocenters. The van der Waals surface area contributed by atoms with Crippen molar-refractivity contribution in [2.75, 3.05) is 0 Å². The van der Waals surface area contributed by atoms with Gasteiger partial charge in [0, 0.05) is 6.04 Å². The number of nitrogens with zero attached hydrogens (tertiary/aromatic N) is 1. The first-order chi connectivity index (χ1) is 10.2. The van der Waals surface area contributed by atoms with Crippen LogP contribution in [0.25, 0.3) is 0 Å². The van der Waals surface area contributed by atoms with E-state index >= 15 is 0 Å². The van der Waals surface area contributed by atoms with E-state index in [9.17, 15) is 21.6 Å². The molecule has 120 valence electrons. The summed E-state index contributed by atoms with van der Waals surface area (Å²) in [7, 11) is -3.93. The number of nitriles is 1. The Kier molecular flexibility index (Phi) is 4.78. The number of nitrogens with one attached hydrogen (secondary N) is 1. The van der Waals surface area contributed by atoms with Crippen LogP contribution >= 0.6 is 0 Å². The van der Waals surface area contributed by atoms with Crippen molar-refractivity contribution in [1.29, 1.82) is 5.26 Å². The maximum Gasteiger partial charge on any atom is 0.391 e. The van der Waals surface area contributed by atoms with E-state index in [1.165, 1.54) is 24.3 Å². The topological polar surface area (TPSA) is 70.0 Å². The number of benzene rings is 1. The highest BCUT2D eigenvalue weighted by Crippen LogP contribution is 2.37. The van der Waals surface area contributed by atoms with Crippen molar-refractivity contribution in [3.8, 4) is 6.07 Å². The molecule has 0 radical (unpaired) electrons. The van der Waals surface area contributed by atoms with Gasteiger partial charge in [0.05, 0.1) is 22.4 Å². The Morgan fingerprint density at radius 1 is 1.27 bits per heavy atom. The largest absolute Gasteiger partial charge is 0.391 e. The molecule has 0 saturated heterocycles. The summed E-state index contributed by atoms with van der Waals surface area (Å²) in [6, 6.07) is 6.48. The quantitative estimate of drug-likeness (QED) is 0.925.